The van der Waals surface area contributed by atoms with E-state index in [2.05, 4.69) is 15.0 Å². The highest BCUT2D eigenvalue weighted by Gasteiger charge is 2.15. The Morgan fingerprint density at radius 1 is 1.14 bits per heavy atom. The Morgan fingerprint density at radius 3 is 2.62 bits per heavy atom. The van der Waals surface area contributed by atoms with Crippen molar-refractivity contribution >= 4 is 0 Å². The number of nitrogens with zero attached hydrogens (tertiary/aromatic N) is 3. The molecule has 1 aromatic heterocycles. The van der Waals surface area contributed by atoms with E-state index in [1.54, 1.807) is 13.4 Å². The number of likely N-dealkylation sites (tertiary alicyclic amines) is 1. The van der Waals surface area contributed by atoms with Gasteiger partial charge in [-0.2, -0.15) is 0 Å². The highest BCUT2D eigenvalue weighted by molar-refractivity contribution is 5.43. The zero-order valence-electron chi connectivity index (χ0n) is 17.5. The van der Waals surface area contributed by atoms with Crippen LogP contribution in [0.15, 0.2) is 35.1 Å². The molecule has 3 rings (SSSR count). The standard InChI is InChI=1S/C22H33N3O4/c1-24(15-19-9-12-29-23-19)14-18-7-8-21(22(13-18)27-2)28-17-20(26)16-25-10-5-3-4-6-11-25/h7-9,12-13,20,26H,3-6,10-11,14-17H2,1-2H3. The van der Waals surface area contributed by atoms with Gasteiger partial charge in [0.05, 0.1) is 12.8 Å². The van der Waals surface area contributed by atoms with Crippen LogP contribution in [0.3, 0.4) is 0 Å². The molecule has 0 radical (unpaired) electrons. The van der Waals surface area contributed by atoms with E-state index in [-0.39, 0.29) is 6.61 Å². The summed E-state index contributed by atoms with van der Waals surface area (Å²) in [5, 5.41) is 14.3. The number of methoxy groups -OCH3 is 1. The molecule has 1 atom stereocenters. The topological polar surface area (TPSA) is 71.2 Å². The van der Waals surface area contributed by atoms with E-state index in [0.717, 1.165) is 30.9 Å². The maximum atomic E-state index is 10.4. The van der Waals surface area contributed by atoms with E-state index >= 15 is 0 Å². The van der Waals surface area contributed by atoms with E-state index in [4.69, 9.17) is 14.0 Å². The van der Waals surface area contributed by atoms with Crippen LogP contribution in [0.4, 0.5) is 0 Å². The maximum absolute atomic E-state index is 10.4. The van der Waals surface area contributed by atoms with Crippen molar-refractivity contribution in [2.45, 2.75) is 44.9 Å². The molecule has 0 amide bonds. The molecule has 0 saturated carbocycles. The fourth-order valence-electron chi connectivity index (χ4n) is 3.75. The average molecular weight is 404 g/mol. The second-order valence-corrected chi connectivity index (χ2v) is 7.83. The molecule has 1 unspecified atom stereocenters. The number of β-amino-alcohol motifs (C(OH)–C–C–N with tert-alkyl or cyclic N) is 1. The number of aliphatic hydroxyl groups excluding tert-OH is 1. The van der Waals surface area contributed by atoms with Crippen LogP contribution >= 0.6 is 0 Å². The van der Waals surface area contributed by atoms with Gasteiger partial charge in [0.15, 0.2) is 11.5 Å². The predicted octanol–water partition coefficient (Wildman–Crippen LogP) is 2.93. The summed E-state index contributed by atoms with van der Waals surface area (Å²) in [5.41, 5.74) is 2.02. The molecule has 7 heteroatoms. The predicted molar refractivity (Wildman–Crippen MR) is 111 cm³/mol. The van der Waals surface area contributed by atoms with Crippen molar-refractivity contribution in [3.8, 4) is 11.5 Å². The molecule has 1 aromatic carbocycles. The molecular weight excluding hydrogens is 370 g/mol. The van der Waals surface area contributed by atoms with Gasteiger partial charge in [-0.25, -0.2) is 0 Å². The first-order chi connectivity index (χ1) is 14.1. The van der Waals surface area contributed by atoms with Gasteiger partial charge >= 0.3 is 0 Å². The Kier molecular flexibility index (Phi) is 8.34. The lowest BCUT2D eigenvalue weighted by Gasteiger charge is -2.23. The fourth-order valence-corrected chi connectivity index (χ4v) is 3.75. The first-order valence-corrected chi connectivity index (χ1v) is 10.4. The van der Waals surface area contributed by atoms with Crippen molar-refractivity contribution in [3.05, 3.63) is 41.8 Å². The first kappa shape index (κ1) is 21.6. The SMILES string of the molecule is COc1cc(CN(C)Cc2ccon2)ccc1OCC(O)CN1CCCCCC1. The van der Waals surface area contributed by atoms with Crippen molar-refractivity contribution < 1.29 is 19.1 Å². The van der Waals surface area contributed by atoms with Gasteiger partial charge in [-0.1, -0.05) is 24.1 Å². The maximum Gasteiger partial charge on any atom is 0.161 e. The Balaban J connectivity index is 1.50. The lowest BCUT2D eigenvalue weighted by molar-refractivity contribution is 0.0683. The highest BCUT2D eigenvalue weighted by atomic mass is 16.5. The van der Waals surface area contributed by atoms with Crippen LogP contribution in [0.25, 0.3) is 0 Å². The number of aliphatic hydroxyl groups is 1. The monoisotopic (exact) mass is 403 g/mol. The number of rotatable bonds is 10. The lowest BCUT2D eigenvalue weighted by atomic mass is 10.2. The summed E-state index contributed by atoms with van der Waals surface area (Å²) in [6, 6.07) is 7.79. The quantitative estimate of drug-likeness (QED) is 0.654. The summed E-state index contributed by atoms with van der Waals surface area (Å²) in [6.07, 6.45) is 6.09. The summed E-state index contributed by atoms with van der Waals surface area (Å²) in [6.45, 7) is 4.51. The molecule has 1 aliphatic heterocycles. The number of benzene rings is 1. The lowest BCUT2D eigenvalue weighted by Crippen LogP contribution is -2.36. The van der Waals surface area contributed by atoms with Gasteiger partial charge in [0, 0.05) is 25.7 Å². The van der Waals surface area contributed by atoms with Gasteiger partial charge in [0.1, 0.15) is 19.0 Å². The molecule has 2 heterocycles. The summed E-state index contributed by atoms with van der Waals surface area (Å²) >= 11 is 0. The molecule has 0 spiro atoms. The third-order valence-corrected chi connectivity index (χ3v) is 5.20. The van der Waals surface area contributed by atoms with Crippen molar-refractivity contribution in [1.82, 2.24) is 15.0 Å². The summed E-state index contributed by atoms with van der Waals surface area (Å²) in [7, 11) is 3.67. The van der Waals surface area contributed by atoms with Gasteiger partial charge in [0.25, 0.3) is 0 Å². The molecule has 1 saturated heterocycles. The smallest absolute Gasteiger partial charge is 0.161 e. The van der Waals surface area contributed by atoms with Crippen molar-refractivity contribution in [2.24, 2.45) is 0 Å². The third-order valence-electron chi connectivity index (χ3n) is 5.20. The van der Waals surface area contributed by atoms with Crippen LogP contribution in [0.1, 0.15) is 36.9 Å². The minimum Gasteiger partial charge on any atom is -0.493 e. The molecule has 2 aromatic rings. The van der Waals surface area contributed by atoms with Crippen molar-refractivity contribution in [3.63, 3.8) is 0 Å². The molecule has 1 fully saturated rings. The molecule has 0 bridgehead atoms. The molecule has 0 aliphatic carbocycles. The van der Waals surface area contributed by atoms with Gasteiger partial charge in [-0.05, 0) is 50.7 Å². The Hall–Kier alpha value is -2.09. The highest BCUT2D eigenvalue weighted by Crippen LogP contribution is 2.29. The summed E-state index contributed by atoms with van der Waals surface area (Å²) in [5.74, 6) is 1.34. The van der Waals surface area contributed by atoms with Crippen LogP contribution in [-0.4, -0.2) is 66.6 Å². The van der Waals surface area contributed by atoms with Gasteiger partial charge < -0.3 is 24.0 Å². The molecule has 7 nitrogen and oxygen atoms in total. The zero-order chi connectivity index (χ0) is 20.5. The van der Waals surface area contributed by atoms with Crippen LogP contribution in [0, 0.1) is 0 Å². The van der Waals surface area contributed by atoms with E-state index in [0.29, 0.717) is 24.6 Å². The average Bonchev–Trinajstić information content (AvgIpc) is 3.08. The van der Waals surface area contributed by atoms with Gasteiger partial charge in [0.2, 0.25) is 0 Å². The van der Waals surface area contributed by atoms with Crippen LogP contribution in [0.5, 0.6) is 11.5 Å². The molecular formula is C22H33N3O4. The molecule has 1 aliphatic rings. The second-order valence-electron chi connectivity index (χ2n) is 7.83. The minimum absolute atomic E-state index is 0.262. The summed E-state index contributed by atoms with van der Waals surface area (Å²) in [4.78, 5) is 4.49. The fraction of sp³-hybridized carbons (Fsp3) is 0.591. The molecule has 160 valence electrons. The molecule has 29 heavy (non-hydrogen) atoms. The van der Waals surface area contributed by atoms with Gasteiger partial charge in [-0.3, -0.25) is 4.90 Å². The summed E-state index contributed by atoms with van der Waals surface area (Å²) < 4.78 is 16.3. The van der Waals surface area contributed by atoms with Gasteiger partial charge in [-0.15, -0.1) is 0 Å². The number of aromatic nitrogens is 1. The van der Waals surface area contributed by atoms with Crippen LogP contribution in [0.2, 0.25) is 0 Å². The first-order valence-electron chi connectivity index (χ1n) is 10.4. The van der Waals surface area contributed by atoms with E-state index < -0.39 is 6.10 Å². The van der Waals surface area contributed by atoms with E-state index in [1.807, 2.05) is 31.3 Å². The zero-order valence-corrected chi connectivity index (χ0v) is 17.5. The number of ether oxygens (including phenoxy) is 2. The molecule has 1 N–H and O–H groups in total. The Morgan fingerprint density at radius 2 is 1.93 bits per heavy atom. The largest absolute Gasteiger partial charge is 0.493 e. The van der Waals surface area contributed by atoms with Crippen LogP contribution in [-0.2, 0) is 13.1 Å². The number of hydrogen-bond acceptors (Lipinski definition) is 7. The minimum atomic E-state index is -0.508. The Bertz CT molecular complexity index is 715. The Labute approximate surface area is 173 Å². The van der Waals surface area contributed by atoms with Crippen LogP contribution < -0.4 is 9.47 Å². The second kappa shape index (κ2) is 11.2. The van der Waals surface area contributed by atoms with E-state index in [9.17, 15) is 5.11 Å². The van der Waals surface area contributed by atoms with E-state index in [1.165, 1.54) is 25.7 Å². The third kappa shape index (κ3) is 7.03. The normalized spacial score (nSPS) is 16.6. The van der Waals surface area contributed by atoms with Crippen molar-refractivity contribution in [1.29, 1.82) is 0 Å². The number of hydrogen-bond donors (Lipinski definition) is 1. The van der Waals surface area contributed by atoms with Crippen molar-refractivity contribution in [2.75, 3.05) is 40.4 Å².